The van der Waals surface area contributed by atoms with Gasteiger partial charge in [0.1, 0.15) is 23.6 Å². The van der Waals surface area contributed by atoms with E-state index in [4.69, 9.17) is 4.52 Å². The van der Waals surface area contributed by atoms with Crippen LogP contribution in [0.3, 0.4) is 0 Å². The number of carbonyl (C=O) groups excluding carboxylic acids is 1. The number of nitrogens with zero attached hydrogens (tertiary/aromatic N) is 3. The summed E-state index contributed by atoms with van der Waals surface area (Å²) in [4.78, 5) is 20.4. The Morgan fingerprint density at radius 2 is 1.96 bits per heavy atom. The van der Waals surface area contributed by atoms with Gasteiger partial charge in [0.15, 0.2) is 5.82 Å². The van der Waals surface area contributed by atoms with E-state index in [2.05, 4.69) is 41.7 Å². The van der Waals surface area contributed by atoms with Crippen LogP contribution in [0.4, 0.5) is 17.3 Å². The van der Waals surface area contributed by atoms with Crippen LogP contribution in [0.5, 0.6) is 0 Å². The molecule has 2 aromatic heterocycles. The number of hydrogen-bond donors (Lipinski definition) is 2. The molecule has 0 aliphatic carbocycles. The molecule has 24 heavy (non-hydrogen) atoms. The fourth-order valence-electron chi connectivity index (χ4n) is 2.02. The van der Waals surface area contributed by atoms with E-state index < -0.39 is 0 Å². The second-order valence-corrected chi connectivity index (χ2v) is 6.01. The maximum atomic E-state index is 12.3. The van der Waals surface area contributed by atoms with E-state index in [1.54, 1.807) is 19.1 Å². The summed E-state index contributed by atoms with van der Waals surface area (Å²) in [5, 5.41) is 9.59. The molecule has 3 aromatic rings. The molecule has 122 valence electrons. The van der Waals surface area contributed by atoms with Crippen LogP contribution in [-0.2, 0) is 0 Å². The fourth-order valence-corrected chi connectivity index (χ4v) is 2.27. The molecule has 1 aromatic carbocycles. The van der Waals surface area contributed by atoms with Gasteiger partial charge in [-0.15, -0.1) is 0 Å². The van der Waals surface area contributed by atoms with Crippen LogP contribution in [-0.4, -0.2) is 21.0 Å². The Morgan fingerprint density at radius 3 is 2.67 bits per heavy atom. The van der Waals surface area contributed by atoms with Gasteiger partial charge in [-0.25, -0.2) is 9.97 Å². The van der Waals surface area contributed by atoms with Gasteiger partial charge in [0.25, 0.3) is 5.91 Å². The molecule has 7 nitrogen and oxygen atoms in total. The van der Waals surface area contributed by atoms with Crippen LogP contribution in [0.2, 0.25) is 0 Å². The monoisotopic (exact) mass is 387 g/mol. The molecular weight excluding hydrogens is 374 g/mol. The van der Waals surface area contributed by atoms with Gasteiger partial charge >= 0.3 is 0 Å². The lowest BCUT2D eigenvalue weighted by Crippen LogP contribution is -2.14. The molecule has 2 N–H and O–H groups in total. The second kappa shape index (κ2) is 6.79. The summed E-state index contributed by atoms with van der Waals surface area (Å²) in [6.07, 6.45) is 1.32. The van der Waals surface area contributed by atoms with Crippen LogP contribution in [0.25, 0.3) is 0 Å². The molecular formula is C16H14BrN5O2. The van der Waals surface area contributed by atoms with Gasteiger partial charge in [0.05, 0.1) is 0 Å². The van der Waals surface area contributed by atoms with Gasteiger partial charge in [-0.05, 0) is 37.6 Å². The maximum absolute atomic E-state index is 12.3. The highest BCUT2D eigenvalue weighted by Crippen LogP contribution is 2.20. The minimum absolute atomic E-state index is 0.244. The summed E-state index contributed by atoms with van der Waals surface area (Å²) >= 11 is 3.43. The molecule has 0 aliphatic heterocycles. The van der Waals surface area contributed by atoms with E-state index in [-0.39, 0.29) is 11.6 Å². The number of anilines is 3. The summed E-state index contributed by atoms with van der Waals surface area (Å²) < 4.78 is 5.96. The first-order chi connectivity index (χ1) is 11.5. The summed E-state index contributed by atoms with van der Waals surface area (Å²) in [5.41, 5.74) is 1.97. The van der Waals surface area contributed by atoms with Crippen molar-refractivity contribution < 1.29 is 9.32 Å². The molecule has 0 unspecified atom stereocenters. The minimum atomic E-state index is -0.321. The predicted molar refractivity (Wildman–Crippen MR) is 93.4 cm³/mol. The minimum Gasteiger partial charge on any atom is -0.360 e. The van der Waals surface area contributed by atoms with Crippen LogP contribution in [0.1, 0.15) is 21.8 Å². The normalized spacial score (nSPS) is 10.5. The third kappa shape index (κ3) is 3.77. The van der Waals surface area contributed by atoms with Crippen molar-refractivity contribution in [2.24, 2.45) is 0 Å². The van der Waals surface area contributed by atoms with Gasteiger partial charge in [-0.3, -0.25) is 4.79 Å². The average Bonchev–Trinajstić information content (AvgIpc) is 2.96. The summed E-state index contributed by atoms with van der Waals surface area (Å²) in [5.74, 6) is 1.32. The van der Waals surface area contributed by atoms with Crippen molar-refractivity contribution >= 4 is 39.2 Å². The van der Waals surface area contributed by atoms with Crippen LogP contribution < -0.4 is 10.6 Å². The Hall–Kier alpha value is -2.74. The lowest BCUT2D eigenvalue weighted by Gasteiger charge is -2.07. The highest BCUT2D eigenvalue weighted by molar-refractivity contribution is 9.10. The number of benzene rings is 1. The highest BCUT2D eigenvalue weighted by Gasteiger charge is 2.11. The Morgan fingerprint density at radius 1 is 1.12 bits per heavy atom. The van der Waals surface area contributed by atoms with Crippen LogP contribution >= 0.6 is 15.9 Å². The van der Waals surface area contributed by atoms with E-state index in [0.717, 1.165) is 10.0 Å². The van der Waals surface area contributed by atoms with Gasteiger partial charge in [-0.2, -0.15) is 0 Å². The number of carbonyl (C=O) groups is 1. The maximum Gasteiger partial charge on any atom is 0.274 e. The highest BCUT2D eigenvalue weighted by atomic mass is 79.9. The first-order valence-corrected chi connectivity index (χ1v) is 7.90. The fraction of sp³-hybridized carbons (Fsp3) is 0.125. The summed E-state index contributed by atoms with van der Waals surface area (Å²) in [6.45, 7) is 3.74. The zero-order valence-corrected chi connectivity index (χ0v) is 14.6. The number of aryl methyl sites for hydroxylation is 2. The zero-order chi connectivity index (χ0) is 17.1. The third-order valence-electron chi connectivity index (χ3n) is 3.20. The van der Waals surface area contributed by atoms with Gasteiger partial charge in [0.2, 0.25) is 0 Å². The van der Waals surface area contributed by atoms with E-state index in [1.807, 2.05) is 25.1 Å². The van der Waals surface area contributed by atoms with Crippen molar-refractivity contribution in [3.05, 3.63) is 58.1 Å². The van der Waals surface area contributed by atoms with Crippen molar-refractivity contribution in [3.63, 3.8) is 0 Å². The molecule has 0 saturated carbocycles. The van der Waals surface area contributed by atoms with E-state index >= 15 is 0 Å². The SMILES string of the molecule is Cc1cc(Nc2cc(C(=O)Nc3ccc(Br)c(C)c3)ncn2)no1. The standard InChI is InChI=1S/C16H14BrN5O2/c1-9-5-11(3-4-12(9)17)20-16(23)13-7-14(19-8-18-13)21-15-6-10(2)24-22-15/h3-8H,1-2H3,(H,20,23)(H,18,19,21,22). The van der Waals surface area contributed by atoms with Crippen molar-refractivity contribution in [2.75, 3.05) is 10.6 Å². The molecule has 0 bridgehead atoms. The van der Waals surface area contributed by atoms with Crippen molar-refractivity contribution in [1.82, 2.24) is 15.1 Å². The average molecular weight is 388 g/mol. The smallest absolute Gasteiger partial charge is 0.274 e. The summed E-state index contributed by atoms with van der Waals surface area (Å²) in [7, 11) is 0. The first kappa shape index (κ1) is 16.1. The number of halogens is 1. The molecule has 0 saturated heterocycles. The van der Waals surface area contributed by atoms with Gasteiger partial charge in [0, 0.05) is 22.3 Å². The molecule has 0 aliphatic rings. The number of rotatable bonds is 4. The van der Waals surface area contributed by atoms with Crippen molar-refractivity contribution in [1.29, 1.82) is 0 Å². The lowest BCUT2D eigenvalue weighted by atomic mass is 10.2. The third-order valence-corrected chi connectivity index (χ3v) is 4.09. The number of hydrogen-bond acceptors (Lipinski definition) is 6. The molecule has 0 fully saturated rings. The van der Waals surface area contributed by atoms with Gasteiger partial charge in [-0.1, -0.05) is 21.1 Å². The Kier molecular flexibility index (Phi) is 4.57. The Bertz CT molecular complexity index is 894. The molecule has 8 heteroatoms. The Labute approximate surface area is 146 Å². The van der Waals surface area contributed by atoms with E-state index in [1.165, 1.54) is 6.33 Å². The lowest BCUT2D eigenvalue weighted by molar-refractivity contribution is 0.102. The van der Waals surface area contributed by atoms with Crippen molar-refractivity contribution in [3.8, 4) is 0 Å². The Balaban J connectivity index is 1.75. The number of amides is 1. The topological polar surface area (TPSA) is 92.9 Å². The van der Waals surface area contributed by atoms with Crippen molar-refractivity contribution in [2.45, 2.75) is 13.8 Å². The molecule has 1 amide bonds. The largest absolute Gasteiger partial charge is 0.360 e. The zero-order valence-electron chi connectivity index (χ0n) is 13.0. The van der Waals surface area contributed by atoms with Gasteiger partial charge < -0.3 is 15.2 Å². The van der Waals surface area contributed by atoms with Crippen LogP contribution in [0.15, 0.2) is 45.7 Å². The number of nitrogens with one attached hydrogen (secondary N) is 2. The van der Waals surface area contributed by atoms with Crippen LogP contribution in [0, 0.1) is 13.8 Å². The molecule has 2 heterocycles. The molecule has 3 rings (SSSR count). The summed E-state index contributed by atoms with van der Waals surface area (Å²) in [6, 6.07) is 8.84. The van der Waals surface area contributed by atoms with E-state index in [0.29, 0.717) is 23.1 Å². The second-order valence-electron chi connectivity index (χ2n) is 5.15. The molecule has 0 atom stereocenters. The quantitative estimate of drug-likeness (QED) is 0.706. The van der Waals surface area contributed by atoms with E-state index in [9.17, 15) is 4.79 Å². The molecule has 0 radical (unpaired) electrons. The number of aromatic nitrogens is 3. The first-order valence-electron chi connectivity index (χ1n) is 7.11. The predicted octanol–water partition coefficient (Wildman–Crippen LogP) is 3.84. The molecule has 0 spiro atoms.